The molecule has 0 aliphatic carbocycles. The van der Waals surface area contributed by atoms with Crippen molar-refractivity contribution in [3.63, 3.8) is 0 Å². The van der Waals surface area contributed by atoms with Crippen molar-refractivity contribution in [2.45, 2.75) is 31.8 Å². The van der Waals surface area contributed by atoms with Crippen LogP contribution in [0.1, 0.15) is 25.7 Å². The maximum atomic E-state index is 12.1. The molecule has 0 unspecified atom stereocenters. The van der Waals surface area contributed by atoms with E-state index in [2.05, 4.69) is 5.32 Å². The average molecular weight is 275 g/mol. The zero-order valence-electron chi connectivity index (χ0n) is 10.8. The zero-order valence-corrected chi connectivity index (χ0v) is 11.6. The lowest BCUT2D eigenvalue weighted by atomic mass is 9.84. The van der Waals surface area contributed by atoms with Crippen LogP contribution in [0, 0.1) is 11.8 Å². The van der Waals surface area contributed by atoms with Crippen LogP contribution in [0.25, 0.3) is 0 Å². The highest BCUT2D eigenvalue weighted by Crippen LogP contribution is 2.33. The maximum absolute atomic E-state index is 12.1. The van der Waals surface area contributed by atoms with Crippen LogP contribution >= 0.6 is 12.4 Å². The van der Waals surface area contributed by atoms with Crippen molar-refractivity contribution in [2.24, 2.45) is 11.8 Å². The van der Waals surface area contributed by atoms with Gasteiger partial charge in [-0.3, -0.25) is 4.79 Å². The van der Waals surface area contributed by atoms with Gasteiger partial charge in [-0.1, -0.05) is 0 Å². The van der Waals surface area contributed by atoms with E-state index in [-0.39, 0.29) is 18.5 Å². The number of nitrogens with zero attached hydrogens (tertiary/aromatic N) is 1. The zero-order chi connectivity index (χ0) is 11.7. The van der Waals surface area contributed by atoms with E-state index in [0.29, 0.717) is 24.2 Å². The summed E-state index contributed by atoms with van der Waals surface area (Å²) in [5, 5.41) is 3.41. The second-order valence-corrected chi connectivity index (χ2v) is 5.58. The monoisotopic (exact) mass is 274 g/mol. The predicted molar refractivity (Wildman–Crippen MR) is 71.9 cm³/mol. The molecule has 3 atom stereocenters. The number of hydrogen-bond acceptors (Lipinski definition) is 3. The van der Waals surface area contributed by atoms with Crippen LogP contribution in [0.3, 0.4) is 0 Å². The van der Waals surface area contributed by atoms with Crippen LogP contribution in [0.15, 0.2) is 0 Å². The summed E-state index contributed by atoms with van der Waals surface area (Å²) in [6, 6.07) is 0. The molecular formula is C13H23ClN2O2. The molecule has 1 N–H and O–H groups in total. The van der Waals surface area contributed by atoms with Gasteiger partial charge in [0, 0.05) is 25.6 Å². The summed E-state index contributed by atoms with van der Waals surface area (Å²) in [6.45, 7) is 4.91. The summed E-state index contributed by atoms with van der Waals surface area (Å²) in [6.07, 6.45) is 4.32. The number of carbonyl (C=O) groups is 1. The third-order valence-electron chi connectivity index (χ3n) is 4.50. The van der Waals surface area contributed by atoms with E-state index in [1.54, 1.807) is 0 Å². The molecular weight excluding hydrogens is 252 g/mol. The van der Waals surface area contributed by atoms with Crippen molar-refractivity contribution in [1.29, 1.82) is 0 Å². The largest absolute Gasteiger partial charge is 0.377 e. The molecule has 0 saturated carbocycles. The van der Waals surface area contributed by atoms with Gasteiger partial charge in [0.15, 0.2) is 0 Å². The summed E-state index contributed by atoms with van der Waals surface area (Å²) < 4.78 is 5.84. The molecule has 0 radical (unpaired) electrons. The molecule has 0 bridgehead atoms. The van der Waals surface area contributed by atoms with Crippen LogP contribution in [0.4, 0.5) is 0 Å². The Morgan fingerprint density at radius 3 is 2.89 bits per heavy atom. The number of likely N-dealkylation sites (tertiary alicyclic amines) is 1. The van der Waals surface area contributed by atoms with Crippen LogP contribution < -0.4 is 5.32 Å². The first-order valence-electron chi connectivity index (χ1n) is 6.94. The van der Waals surface area contributed by atoms with Crippen molar-refractivity contribution >= 4 is 18.3 Å². The first kappa shape index (κ1) is 14.1. The fourth-order valence-corrected chi connectivity index (χ4v) is 3.46. The lowest BCUT2D eigenvalue weighted by Gasteiger charge is -2.28. The first-order chi connectivity index (χ1) is 8.34. The van der Waals surface area contributed by atoms with E-state index in [4.69, 9.17) is 4.74 Å². The lowest BCUT2D eigenvalue weighted by molar-refractivity contribution is -0.132. The Morgan fingerprint density at radius 2 is 2.11 bits per heavy atom. The van der Waals surface area contributed by atoms with Gasteiger partial charge in [-0.2, -0.15) is 0 Å². The van der Waals surface area contributed by atoms with Gasteiger partial charge in [0.2, 0.25) is 5.91 Å². The van der Waals surface area contributed by atoms with Crippen LogP contribution in [-0.2, 0) is 9.53 Å². The van der Waals surface area contributed by atoms with Crippen molar-refractivity contribution in [2.75, 3.05) is 32.8 Å². The Bertz CT molecular complexity index is 295. The molecule has 0 aromatic rings. The number of rotatable bonds is 2. The van der Waals surface area contributed by atoms with E-state index in [1.165, 1.54) is 19.3 Å². The Morgan fingerprint density at radius 1 is 1.33 bits per heavy atom. The van der Waals surface area contributed by atoms with Crippen LogP contribution in [-0.4, -0.2) is 49.7 Å². The SMILES string of the molecule is Cl.O=C(C[C@@H]1OC[C@H]2CNCC[C@H]21)N1CCCC1. The second-order valence-electron chi connectivity index (χ2n) is 5.58. The third kappa shape index (κ3) is 2.81. The molecule has 3 heterocycles. The quantitative estimate of drug-likeness (QED) is 0.818. The molecule has 3 saturated heterocycles. The molecule has 3 rings (SSSR count). The van der Waals surface area contributed by atoms with Gasteiger partial charge >= 0.3 is 0 Å². The predicted octanol–water partition coefficient (Wildman–Crippen LogP) is 1.05. The third-order valence-corrected chi connectivity index (χ3v) is 4.50. The van der Waals surface area contributed by atoms with Gasteiger partial charge in [0.05, 0.1) is 19.1 Å². The number of ether oxygens (including phenoxy) is 1. The standard InChI is InChI=1S/C13H22N2O2.ClH/c16-13(15-5-1-2-6-15)7-12-11-3-4-14-8-10(11)9-17-12;/h10-12,14H,1-9H2;1H/t10-,11-,12+;/m1./s1. The van der Waals surface area contributed by atoms with Crippen molar-refractivity contribution < 1.29 is 9.53 Å². The minimum atomic E-state index is 0. The van der Waals surface area contributed by atoms with E-state index in [9.17, 15) is 4.79 Å². The molecule has 1 amide bonds. The van der Waals surface area contributed by atoms with Crippen molar-refractivity contribution in [3.05, 3.63) is 0 Å². The summed E-state index contributed by atoms with van der Waals surface area (Å²) in [7, 11) is 0. The molecule has 104 valence electrons. The fourth-order valence-electron chi connectivity index (χ4n) is 3.46. The highest BCUT2D eigenvalue weighted by molar-refractivity contribution is 5.85. The molecule has 4 nitrogen and oxygen atoms in total. The summed E-state index contributed by atoms with van der Waals surface area (Å²) >= 11 is 0. The number of halogens is 1. The van der Waals surface area contributed by atoms with Gasteiger partial charge in [0.25, 0.3) is 0 Å². The van der Waals surface area contributed by atoms with Crippen LogP contribution in [0.2, 0.25) is 0 Å². The number of amides is 1. The average Bonchev–Trinajstić information content (AvgIpc) is 2.98. The smallest absolute Gasteiger partial charge is 0.225 e. The van der Waals surface area contributed by atoms with Gasteiger partial charge in [0.1, 0.15) is 0 Å². The minimum Gasteiger partial charge on any atom is -0.377 e. The van der Waals surface area contributed by atoms with Gasteiger partial charge in [-0.25, -0.2) is 0 Å². The second kappa shape index (κ2) is 6.22. The van der Waals surface area contributed by atoms with Crippen LogP contribution in [0.5, 0.6) is 0 Å². The van der Waals surface area contributed by atoms with E-state index in [1.807, 2.05) is 4.90 Å². The van der Waals surface area contributed by atoms with Crippen molar-refractivity contribution in [1.82, 2.24) is 10.2 Å². The highest BCUT2D eigenvalue weighted by Gasteiger charge is 2.40. The normalized spacial score (nSPS) is 35.1. The van der Waals surface area contributed by atoms with E-state index < -0.39 is 0 Å². The number of piperidine rings is 1. The Hall–Kier alpha value is -0.320. The lowest BCUT2D eigenvalue weighted by Crippen LogP contribution is -2.39. The number of carbonyl (C=O) groups excluding carboxylic acids is 1. The Kier molecular flexibility index (Phi) is 4.87. The molecule has 0 aromatic heterocycles. The fraction of sp³-hybridized carbons (Fsp3) is 0.923. The van der Waals surface area contributed by atoms with Crippen molar-refractivity contribution in [3.8, 4) is 0 Å². The Labute approximate surface area is 115 Å². The maximum Gasteiger partial charge on any atom is 0.225 e. The molecule has 3 fully saturated rings. The van der Waals surface area contributed by atoms with Gasteiger partial charge < -0.3 is 15.0 Å². The molecule has 5 heteroatoms. The molecule has 0 spiro atoms. The summed E-state index contributed by atoms with van der Waals surface area (Å²) in [5.41, 5.74) is 0. The number of nitrogens with one attached hydrogen (secondary N) is 1. The van der Waals surface area contributed by atoms with Gasteiger partial charge in [-0.05, 0) is 31.7 Å². The summed E-state index contributed by atoms with van der Waals surface area (Å²) in [5.74, 6) is 1.56. The molecule has 3 aliphatic rings. The highest BCUT2D eigenvalue weighted by atomic mass is 35.5. The molecule has 0 aromatic carbocycles. The minimum absolute atomic E-state index is 0. The Balaban J connectivity index is 0.00000120. The topological polar surface area (TPSA) is 41.6 Å². The van der Waals surface area contributed by atoms with E-state index in [0.717, 1.165) is 32.8 Å². The molecule has 18 heavy (non-hydrogen) atoms. The van der Waals surface area contributed by atoms with Gasteiger partial charge in [-0.15, -0.1) is 12.4 Å². The molecule has 3 aliphatic heterocycles. The number of fused-ring (bicyclic) bond motifs is 1. The summed E-state index contributed by atoms with van der Waals surface area (Å²) in [4.78, 5) is 14.1. The first-order valence-corrected chi connectivity index (χ1v) is 6.94. The number of hydrogen-bond donors (Lipinski definition) is 1. The van der Waals surface area contributed by atoms with E-state index >= 15 is 0 Å².